The van der Waals surface area contributed by atoms with Gasteiger partial charge in [0.2, 0.25) is 6.41 Å². The van der Waals surface area contributed by atoms with Crippen LogP contribution in [0.1, 0.15) is 12.8 Å². The van der Waals surface area contributed by atoms with Gasteiger partial charge in [0.1, 0.15) is 0 Å². The Bertz CT molecular complexity index is 196. The zero-order valence-electron chi connectivity index (χ0n) is 7.76. The third-order valence-corrected chi connectivity index (χ3v) is 1.61. The minimum Gasteiger partial charge on any atom is -0.426 e. The van der Waals surface area contributed by atoms with E-state index in [2.05, 4.69) is 10.3 Å². The normalized spacial score (nSPS) is 11.6. The van der Waals surface area contributed by atoms with E-state index in [1.54, 1.807) is 0 Å². The Labute approximate surface area is 82.3 Å². The quantitative estimate of drug-likeness (QED) is 0.0996. The van der Waals surface area contributed by atoms with Crippen molar-refractivity contribution >= 4 is 19.5 Å². The van der Waals surface area contributed by atoms with E-state index >= 15 is 0 Å². The fraction of sp³-hybridized carbons (Fsp3) is 0.667. The molecule has 0 radical (unpaired) electrons. The summed E-state index contributed by atoms with van der Waals surface area (Å²) in [6.45, 7) is 0.395. The van der Waals surface area contributed by atoms with E-state index in [0.29, 0.717) is 25.8 Å². The summed E-state index contributed by atoms with van der Waals surface area (Å²) in [6.07, 6.45) is 1.37. The van der Waals surface area contributed by atoms with Crippen LogP contribution in [-0.4, -0.2) is 42.0 Å². The molecule has 0 aliphatic carbocycles. The molecule has 0 saturated carbocycles. The van der Waals surface area contributed by atoms with E-state index in [9.17, 15) is 4.79 Å². The van der Waals surface area contributed by atoms with Crippen molar-refractivity contribution in [2.75, 3.05) is 6.54 Å². The summed E-state index contributed by atoms with van der Waals surface area (Å²) >= 11 is 0. The van der Waals surface area contributed by atoms with Crippen LogP contribution in [0.3, 0.4) is 0 Å². The number of rotatable bonds is 7. The van der Waals surface area contributed by atoms with Crippen LogP contribution in [0.4, 0.5) is 0 Å². The summed E-state index contributed by atoms with van der Waals surface area (Å²) in [4.78, 5) is 13.8. The Kier molecular flexibility index (Phi) is 6.51. The summed E-state index contributed by atoms with van der Waals surface area (Å²) < 4.78 is 0. The van der Waals surface area contributed by atoms with Gasteiger partial charge in [-0.2, -0.15) is 0 Å². The molecular weight excluding hydrogens is 187 g/mol. The Morgan fingerprint density at radius 3 is 2.64 bits per heavy atom. The number of nitrogens with two attached hydrogens (primary N) is 2. The maximum atomic E-state index is 10.1. The molecule has 1 unspecified atom stereocenters. The van der Waals surface area contributed by atoms with Crippen LogP contribution in [-0.2, 0) is 4.79 Å². The van der Waals surface area contributed by atoms with Crippen LogP contribution in [0.15, 0.2) is 4.99 Å². The lowest BCUT2D eigenvalue weighted by Gasteiger charge is -2.13. The Hall–Kier alpha value is -1.28. The second-order valence-corrected chi connectivity index (χ2v) is 2.75. The summed E-state index contributed by atoms with van der Waals surface area (Å²) in [5.41, 5.74) is 10.2. The molecule has 0 aromatic rings. The molecule has 14 heavy (non-hydrogen) atoms. The largest absolute Gasteiger partial charge is 0.475 e. The van der Waals surface area contributed by atoms with Crippen LogP contribution in [0.5, 0.6) is 0 Å². The molecule has 0 saturated heterocycles. The maximum absolute atomic E-state index is 10.1. The minimum atomic E-state index is -1.57. The molecule has 1 amide bonds. The lowest BCUT2D eigenvalue weighted by atomic mass is 9.77. The van der Waals surface area contributed by atoms with Crippen molar-refractivity contribution in [3.05, 3.63) is 0 Å². The third-order valence-electron chi connectivity index (χ3n) is 1.61. The molecule has 0 heterocycles. The van der Waals surface area contributed by atoms with Gasteiger partial charge in [0.05, 0.1) is 5.94 Å². The topological polar surface area (TPSA) is 134 Å². The minimum absolute atomic E-state index is 0.00514. The van der Waals surface area contributed by atoms with E-state index < -0.39 is 13.1 Å². The summed E-state index contributed by atoms with van der Waals surface area (Å²) in [6, 6.07) is 0. The summed E-state index contributed by atoms with van der Waals surface area (Å²) in [5.74, 6) is -0.684. The third kappa shape index (κ3) is 6.26. The smallest absolute Gasteiger partial charge is 0.426 e. The SMILES string of the molecule is NC(N)=NCCCC(NC=O)B(O)O. The molecule has 0 aromatic heterocycles. The van der Waals surface area contributed by atoms with Crippen LogP contribution in [0.2, 0.25) is 0 Å². The Balaban J connectivity index is 3.71. The highest BCUT2D eigenvalue weighted by Gasteiger charge is 2.21. The number of carbonyl (C=O) groups excluding carboxylic acids is 1. The molecule has 0 aliphatic rings. The van der Waals surface area contributed by atoms with E-state index in [4.69, 9.17) is 21.5 Å². The van der Waals surface area contributed by atoms with Gasteiger partial charge in [0.25, 0.3) is 0 Å². The fourth-order valence-corrected chi connectivity index (χ4v) is 0.925. The molecule has 0 spiro atoms. The van der Waals surface area contributed by atoms with Gasteiger partial charge in [-0.3, -0.25) is 9.79 Å². The highest BCUT2D eigenvalue weighted by atomic mass is 16.4. The van der Waals surface area contributed by atoms with Crippen LogP contribution >= 0.6 is 0 Å². The molecule has 80 valence electrons. The van der Waals surface area contributed by atoms with Gasteiger partial charge >= 0.3 is 7.12 Å². The van der Waals surface area contributed by atoms with E-state index in [1.165, 1.54) is 0 Å². The van der Waals surface area contributed by atoms with Crippen molar-refractivity contribution in [2.45, 2.75) is 18.8 Å². The second-order valence-electron chi connectivity index (χ2n) is 2.75. The highest BCUT2D eigenvalue weighted by Crippen LogP contribution is 1.98. The zero-order valence-corrected chi connectivity index (χ0v) is 7.76. The number of aliphatic imine (C=N–C) groups is 1. The molecule has 1 atom stereocenters. The lowest BCUT2D eigenvalue weighted by molar-refractivity contribution is -0.109. The molecular formula is C6H15BN4O3. The fourth-order valence-electron chi connectivity index (χ4n) is 0.925. The number of nitrogens with zero attached hydrogens (tertiary/aromatic N) is 1. The first-order chi connectivity index (χ1) is 6.57. The summed E-state index contributed by atoms with van der Waals surface area (Å²) in [5, 5.41) is 19.9. The maximum Gasteiger partial charge on any atom is 0.475 e. The van der Waals surface area contributed by atoms with Gasteiger partial charge in [-0.15, -0.1) is 0 Å². The van der Waals surface area contributed by atoms with E-state index in [0.717, 1.165) is 0 Å². The van der Waals surface area contributed by atoms with Gasteiger partial charge in [-0.1, -0.05) is 0 Å². The predicted molar refractivity (Wildman–Crippen MR) is 53.1 cm³/mol. The number of carbonyl (C=O) groups is 1. The monoisotopic (exact) mass is 202 g/mol. The number of hydrogen-bond acceptors (Lipinski definition) is 4. The van der Waals surface area contributed by atoms with Crippen LogP contribution in [0.25, 0.3) is 0 Å². The van der Waals surface area contributed by atoms with Crippen molar-refractivity contribution in [3.8, 4) is 0 Å². The molecule has 0 rings (SSSR count). The van der Waals surface area contributed by atoms with Crippen molar-refractivity contribution in [2.24, 2.45) is 16.5 Å². The first-order valence-electron chi connectivity index (χ1n) is 4.19. The second kappa shape index (κ2) is 7.16. The van der Waals surface area contributed by atoms with Gasteiger partial charge in [-0.25, -0.2) is 0 Å². The molecule has 0 aliphatic heterocycles. The highest BCUT2D eigenvalue weighted by molar-refractivity contribution is 6.43. The lowest BCUT2D eigenvalue weighted by Crippen LogP contribution is -2.42. The van der Waals surface area contributed by atoms with Gasteiger partial charge < -0.3 is 26.8 Å². The average molecular weight is 202 g/mol. The number of amides is 1. The van der Waals surface area contributed by atoms with E-state index in [-0.39, 0.29) is 5.96 Å². The number of nitrogens with one attached hydrogen (secondary N) is 1. The molecule has 7 N–H and O–H groups in total. The zero-order chi connectivity index (χ0) is 11.0. The van der Waals surface area contributed by atoms with Gasteiger partial charge in [-0.05, 0) is 12.8 Å². The molecule has 0 aromatic carbocycles. The van der Waals surface area contributed by atoms with E-state index in [1.807, 2.05) is 0 Å². The van der Waals surface area contributed by atoms with Crippen molar-refractivity contribution in [3.63, 3.8) is 0 Å². The molecule has 0 bridgehead atoms. The van der Waals surface area contributed by atoms with Crippen LogP contribution in [0, 0.1) is 0 Å². The standard InChI is InChI=1S/C6H15BN4O3/c8-6(9)10-3-1-2-5(7(13)14)11-4-12/h4-5,13-14H,1-3H2,(H,11,12)(H4,8,9,10). The molecule has 8 heteroatoms. The summed E-state index contributed by atoms with van der Waals surface area (Å²) in [7, 11) is -1.57. The number of guanidine groups is 1. The molecule has 7 nitrogen and oxygen atoms in total. The van der Waals surface area contributed by atoms with Crippen molar-refractivity contribution in [1.82, 2.24) is 5.32 Å². The molecule has 0 fully saturated rings. The predicted octanol–water partition coefficient (Wildman–Crippen LogP) is -2.83. The van der Waals surface area contributed by atoms with Crippen LogP contribution < -0.4 is 16.8 Å². The van der Waals surface area contributed by atoms with Crippen molar-refractivity contribution in [1.29, 1.82) is 0 Å². The average Bonchev–Trinajstić information content (AvgIpc) is 2.09. The Morgan fingerprint density at radius 1 is 1.57 bits per heavy atom. The first kappa shape index (κ1) is 12.7. The first-order valence-corrected chi connectivity index (χ1v) is 4.19. The number of hydrogen-bond donors (Lipinski definition) is 5. The van der Waals surface area contributed by atoms with Crippen molar-refractivity contribution < 1.29 is 14.8 Å². The van der Waals surface area contributed by atoms with Gasteiger partial charge in [0, 0.05) is 6.54 Å². The Morgan fingerprint density at radius 2 is 2.21 bits per heavy atom. The van der Waals surface area contributed by atoms with Gasteiger partial charge in [0.15, 0.2) is 5.96 Å².